The van der Waals surface area contributed by atoms with Crippen molar-refractivity contribution in [3.63, 3.8) is 0 Å². The average Bonchev–Trinajstić information content (AvgIpc) is 2.36. The van der Waals surface area contributed by atoms with Gasteiger partial charge in [0, 0.05) is 11.6 Å². The normalized spacial score (nSPS) is 11.2. The molecular weight excluding hydrogens is 319 g/mol. The Balaban J connectivity index is 2.95. The first-order valence-electron chi connectivity index (χ1n) is 6.45. The average molecular weight is 337 g/mol. The third kappa shape index (κ3) is 5.51. The second kappa shape index (κ2) is 7.61. The first-order chi connectivity index (χ1) is 9.75. The van der Waals surface area contributed by atoms with Crippen LogP contribution in [-0.2, 0) is 14.8 Å². The second-order valence-corrected chi connectivity index (χ2v) is 6.91. The Labute approximate surface area is 129 Å². The number of halogens is 2. The molecule has 1 aromatic rings. The van der Waals surface area contributed by atoms with Crippen molar-refractivity contribution in [3.8, 4) is 0 Å². The maximum absolute atomic E-state index is 13.9. The van der Waals surface area contributed by atoms with Gasteiger partial charge in [-0.25, -0.2) is 12.8 Å². The molecule has 0 spiro atoms. The summed E-state index contributed by atoms with van der Waals surface area (Å²) in [4.78, 5) is 11.8. The van der Waals surface area contributed by atoms with Crippen LogP contribution < -0.4 is 9.62 Å². The van der Waals surface area contributed by atoms with E-state index in [1.807, 2.05) is 6.92 Å². The smallest absolute Gasteiger partial charge is 0.240 e. The molecule has 0 aliphatic heterocycles. The van der Waals surface area contributed by atoms with Gasteiger partial charge in [-0.1, -0.05) is 24.9 Å². The van der Waals surface area contributed by atoms with Crippen LogP contribution in [0.25, 0.3) is 0 Å². The number of hydrogen-bond donors (Lipinski definition) is 1. The number of carbonyl (C=O) groups excluding carboxylic acids is 1. The highest BCUT2D eigenvalue weighted by Gasteiger charge is 2.23. The first kappa shape index (κ1) is 17.7. The SMILES string of the molecule is CCCCNC(=O)CN(c1ccc(Cl)cc1F)S(C)(=O)=O. The van der Waals surface area contributed by atoms with Crippen molar-refractivity contribution in [1.29, 1.82) is 0 Å². The topological polar surface area (TPSA) is 66.5 Å². The summed E-state index contributed by atoms with van der Waals surface area (Å²) in [6.45, 7) is 1.95. The molecule has 8 heteroatoms. The van der Waals surface area contributed by atoms with E-state index in [2.05, 4.69) is 5.32 Å². The zero-order chi connectivity index (χ0) is 16.0. The standard InChI is InChI=1S/C13H18ClFN2O3S/c1-3-4-7-16-13(18)9-17(21(2,19)20)12-6-5-10(14)8-11(12)15/h5-6,8H,3-4,7,9H2,1-2H3,(H,16,18). The molecule has 0 atom stereocenters. The second-order valence-electron chi connectivity index (χ2n) is 4.57. The van der Waals surface area contributed by atoms with Gasteiger partial charge in [0.1, 0.15) is 12.4 Å². The van der Waals surface area contributed by atoms with Crippen molar-refractivity contribution in [2.24, 2.45) is 0 Å². The molecule has 0 aliphatic rings. The lowest BCUT2D eigenvalue weighted by atomic mass is 10.3. The zero-order valence-corrected chi connectivity index (χ0v) is 13.5. The van der Waals surface area contributed by atoms with Gasteiger partial charge in [-0.2, -0.15) is 0 Å². The van der Waals surface area contributed by atoms with Gasteiger partial charge in [0.15, 0.2) is 0 Å². The van der Waals surface area contributed by atoms with Crippen molar-refractivity contribution < 1.29 is 17.6 Å². The van der Waals surface area contributed by atoms with E-state index in [9.17, 15) is 17.6 Å². The fourth-order valence-electron chi connectivity index (χ4n) is 1.66. The summed E-state index contributed by atoms with van der Waals surface area (Å²) in [7, 11) is -3.79. The van der Waals surface area contributed by atoms with E-state index in [-0.39, 0.29) is 10.7 Å². The van der Waals surface area contributed by atoms with Gasteiger partial charge < -0.3 is 5.32 Å². The van der Waals surface area contributed by atoms with E-state index in [1.165, 1.54) is 12.1 Å². The summed E-state index contributed by atoms with van der Waals surface area (Å²) >= 11 is 5.64. The third-order valence-electron chi connectivity index (χ3n) is 2.72. The quantitative estimate of drug-likeness (QED) is 0.776. The minimum Gasteiger partial charge on any atom is -0.355 e. The number of amides is 1. The molecule has 0 radical (unpaired) electrons. The fraction of sp³-hybridized carbons (Fsp3) is 0.462. The Bertz CT molecular complexity index is 607. The Morgan fingerprint density at radius 3 is 2.62 bits per heavy atom. The molecule has 1 aromatic carbocycles. The number of anilines is 1. The first-order valence-corrected chi connectivity index (χ1v) is 8.67. The van der Waals surface area contributed by atoms with Gasteiger partial charge in [-0.3, -0.25) is 9.10 Å². The van der Waals surface area contributed by atoms with Crippen molar-refractivity contribution in [2.45, 2.75) is 19.8 Å². The number of rotatable bonds is 7. The molecule has 21 heavy (non-hydrogen) atoms. The van der Waals surface area contributed by atoms with E-state index < -0.39 is 28.3 Å². The van der Waals surface area contributed by atoms with Gasteiger partial charge in [-0.05, 0) is 24.6 Å². The van der Waals surface area contributed by atoms with Crippen molar-refractivity contribution >= 4 is 33.2 Å². The number of sulfonamides is 1. The van der Waals surface area contributed by atoms with Crippen LogP contribution in [0.2, 0.25) is 5.02 Å². The van der Waals surface area contributed by atoms with E-state index in [0.29, 0.717) is 6.54 Å². The molecule has 0 unspecified atom stereocenters. The molecular formula is C13H18ClFN2O3S. The van der Waals surface area contributed by atoms with Crippen LogP contribution in [-0.4, -0.2) is 33.7 Å². The summed E-state index contributed by atoms with van der Waals surface area (Å²) in [5, 5.41) is 2.74. The highest BCUT2D eigenvalue weighted by molar-refractivity contribution is 7.92. The number of hydrogen-bond acceptors (Lipinski definition) is 3. The van der Waals surface area contributed by atoms with Crippen molar-refractivity contribution in [3.05, 3.63) is 29.0 Å². The van der Waals surface area contributed by atoms with E-state index in [4.69, 9.17) is 11.6 Å². The van der Waals surface area contributed by atoms with Crippen LogP contribution in [0.15, 0.2) is 18.2 Å². The number of unbranched alkanes of at least 4 members (excludes halogenated alkanes) is 1. The van der Waals surface area contributed by atoms with Crippen LogP contribution in [0.1, 0.15) is 19.8 Å². The summed E-state index contributed by atoms with van der Waals surface area (Å²) < 4.78 is 38.1. The number of benzene rings is 1. The summed E-state index contributed by atoms with van der Waals surface area (Å²) in [5.74, 6) is -1.28. The molecule has 0 heterocycles. The van der Waals surface area contributed by atoms with Crippen molar-refractivity contribution in [2.75, 3.05) is 23.7 Å². The van der Waals surface area contributed by atoms with Crippen LogP contribution in [0.3, 0.4) is 0 Å². The largest absolute Gasteiger partial charge is 0.355 e. The summed E-state index contributed by atoms with van der Waals surface area (Å²) in [5.41, 5.74) is -0.201. The predicted molar refractivity (Wildman–Crippen MR) is 81.5 cm³/mol. The number of carbonyl (C=O) groups is 1. The van der Waals surface area contributed by atoms with Crippen LogP contribution in [0.4, 0.5) is 10.1 Å². The maximum atomic E-state index is 13.9. The number of nitrogens with zero attached hydrogens (tertiary/aromatic N) is 1. The van der Waals surface area contributed by atoms with Gasteiger partial charge >= 0.3 is 0 Å². The maximum Gasteiger partial charge on any atom is 0.240 e. The van der Waals surface area contributed by atoms with Crippen LogP contribution in [0.5, 0.6) is 0 Å². The highest BCUT2D eigenvalue weighted by Crippen LogP contribution is 2.24. The molecule has 5 nitrogen and oxygen atoms in total. The Morgan fingerprint density at radius 1 is 1.43 bits per heavy atom. The van der Waals surface area contributed by atoms with E-state index in [0.717, 1.165) is 29.5 Å². The molecule has 0 saturated carbocycles. The lowest BCUT2D eigenvalue weighted by molar-refractivity contribution is -0.119. The molecule has 118 valence electrons. The minimum atomic E-state index is -3.79. The fourth-order valence-corrected chi connectivity index (χ4v) is 2.67. The Kier molecular flexibility index (Phi) is 6.42. The summed E-state index contributed by atoms with van der Waals surface area (Å²) in [6.07, 6.45) is 2.61. The minimum absolute atomic E-state index is 0.150. The van der Waals surface area contributed by atoms with Crippen LogP contribution in [0, 0.1) is 5.82 Å². The van der Waals surface area contributed by atoms with E-state index in [1.54, 1.807) is 0 Å². The van der Waals surface area contributed by atoms with Gasteiger partial charge in [0.2, 0.25) is 15.9 Å². The number of nitrogens with one attached hydrogen (secondary N) is 1. The van der Waals surface area contributed by atoms with Gasteiger partial charge in [0.05, 0.1) is 11.9 Å². The van der Waals surface area contributed by atoms with Gasteiger partial charge in [0.25, 0.3) is 0 Å². The van der Waals surface area contributed by atoms with Gasteiger partial charge in [-0.15, -0.1) is 0 Å². The molecule has 1 amide bonds. The molecule has 1 N–H and O–H groups in total. The molecule has 0 fully saturated rings. The summed E-state index contributed by atoms with van der Waals surface area (Å²) in [6, 6.07) is 3.61. The Hall–Kier alpha value is -1.34. The lowest BCUT2D eigenvalue weighted by Gasteiger charge is -2.22. The molecule has 0 bridgehead atoms. The van der Waals surface area contributed by atoms with Crippen LogP contribution >= 0.6 is 11.6 Å². The molecule has 1 rings (SSSR count). The predicted octanol–water partition coefficient (Wildman–Crippen LogP) is 2.16. The lowest BCUT2D eigenvalue weighted by Crippen LogP contribution is -2.41. The monoisotopic (exact) mass is 336 g/mol. The molecule has 0 aliphatic carbocycles. The molecule has 0 saturated heterocycles. The molecule has 0 aromatic heterocycles. The van der Waals surface area contributed by atoms with Crippen molar-refractivity contribution in [1.82, 2.24) is 5.32 Å². The Morgan fingerprint density at radius 2 is 2.10 bits per heavy atom. The zero-order valence-electron chi connectivity index (χ0n) is 11.9. The van der Waals surface area contributed by atoms with E-state index >= 15 is 0 Å². The third-order valence-corrected chi connectivity index (χ3v) is 4.08. The highest BCUT2D eigenvalue weighted by atomic mass is 35.5.